The number of para-hydroxylation sites is 1. The third-order valence-corrected chi connectivity index (χ3v) is 5.53. The molecule has 2 amide bonds. The van der Waals surface area contributed by atoms with Crippen LogP contribution < -0.4 is 9.64 Å². The molecule has 1 atom stereocenters. The third-order valence-electron chi connectivity index (χ3n) is 5.53. The topological polar surface area (TPSA) is 49.9 Å². The summed E-state index contributed by atoms with van der Waals surface area (Å²) in [4.78, 5) is 28.3. The summed E-state index contributed by atoms with van der Waals surface area (Å²) in [6.45, 7) is 0.631. The van der Waals surface area contributed by atoms with Crippen molar-refractivity contribution in [1.82, 2.24) is 4.90 Å². The van der Waals surface area contributed by atoms with Crippen LogP contribution in [0, 0.1) is 11.7 Å². The van der Waals surface area contributed by atoms with Crippen LogP contribution in [-0.4, -0.2) is 37.4 Å². The highest BCUT2D eigenvalue weighted by Gasteiger charge is 2.37. The molecule has 0 bridgehead atoms. The average molecular weight is 406 g/mol. The van der Waals surface area contributed by atoms with Gasteiger partial charge in [0, 0.05) is 26.6 Å². The summed E-state index contributed by atoms with van der Waals surface area (Å²) in [5.41, 5.74) is 1.23. The number of carbonyl (C=O) groups excluding carboxylic acids is 2. The van der Waals surface area contributed by atoms with Crippen LogP contribution in [0.4, 0.5) is 10.1 Å². The monoisotopic (exact) mass is 406 g/mol. The quantitative estimate of drug-likeness (QED) is 0.644. The number of hydrogen-bond donors (Lipinski definition) is 0. The van der Waals surface area contributed by atoms with E-state index in [2.05, 4.69) is 0 Å². The van der Waals surface area contributed by atoms with E-state index in [1.165, 1.54) is 11.0 Å². The number of halogens is 1. The number of ether oxygens (including phenoxy) is 1. The number of fused-ring (bicyclic) bond motifs is 1. The van der Waals surface area contributed by atoms with Crippen LogP contribution >= 0.6 is 0 Å². The van der Waals surface area contributed by atoms with E-state index in [4.69, 9.17) is 4.74 Å². The summed E-state index contributed by atoms with van der Waals surface area (Å²) >= 11 is 0. The fourth-order valence-electron chi connectivity index (χ4n) is 3.94. The van der Waals surface area contributed by atoms with Crippen LogP contribution in [0.5, 0.6) is 5.75 Å². The van der Waals surface area contributed by atoms with Crippen molar-refractivity contribution in [2.75, 3.05) is 25.6 Å². The lowest BCUT2D eigenvalue weighted by Gasteiger charge is -2.22. The molecule has 0 radical (unpaired) electrons. The van der Waals surface area contributed by atoms with Gasteiger partial charge in [0.1, 0.15) is 11.6 Å². The Kier molecular flexibility index (Phi) is 5.40. The van der Waals surface area contributed by atoms with Gasteiger partial charge in [-0.3, -0.25) is 9.59 Å². The van der Waals surface area contributed by atoms with Crippen LogP contribution in [0.1, 0.15) is 12.0 Å². The number of benzene rings is 3. The largest absolute Gasteiger partial charge is 0.497 e. The van der Waals surface area contributed by atoms with Crippen LogP contribution in [0.15, 0.2) is 60.7 Å². The zero-order valence-corrected chi connectivity index (χ0v) is 17.0. The van der Waals surface area contributed by atoms with Crippen molar-refractivity contribution in [3.63, 3.8) is 0 Å². The van der Waals surface area contributed by atoms with Crippen LogP contribution in [0.25, 0.3) is 10.8 Å². The van der Waals surface area contributed by atoms with Gasteiger partial charge in [-0.25, -0.2) is 4.39 Å². The predicted octanol–water partition coefficient (Wildman–Crippen LogP) is 4.00. The Morgan fingerprint density at radius 3 is 2.63 bits per heavy atom. The molecule has 1 fully saturated rings. The van der Waals surface area contributed by atoms with Crippen molar-refractivity contribution in [2.24, 2.45) is 5.92 Å². The van der Waals surface area contributed by atoms with Gasteiger partial charge in [0.15, 0.2) is 0 Å². The second kappa shape index (κ2) is 8.14. The van der Waals surface area contributed by atoms with Crippen molar-refractivity contribution >= 4 is 28.3 Å². The Hall–Kier alpha value is -3.41. The number of rotatable bonds is 5. The average Bonchev–Trinajstić information content (AvgIpc) is 3.14. The first-order chi connectivity index (χ1) is 14.5. The molecule has 30 heavy (non-hydrogen) atoms. The first kappa shape index (κ1) is 19.9. The summed E-state index contributed by atoms with van der Waals surface area (Å²) in [5.74, 6) is -0.483. The van der Waals surface area contributed by atoms with Crippen molar-refractivity contribution in [2.45, 2.75) is 13.0 Å². The number of hydrogen-bond acceptors (Lipinski definition) is 3. The van der Waals surface area contributed by atoms with E-state index in [1.54, 1.807) is 37.3 Å². The molecule has 0 N–H and O–H groups in total. The standard InChI is InChI=1S/C24H23FN2O3/c1-26(14-16-7-8-18-12-20(30-2)10-9-17(18)11-16)24(29)19-13-23(28)27(15-19)22-6-4-3-5-21(22)25/h3-12,19H,13-15H2,1-2H3/t19-/m1/s1. The molecule has 0 aliphatic carbocycles. The van der Waals surface area contributed by atoms with Gasteiger partial charge in [0.05, 0.1) is 18.7 Å². The van der Waals surface area contributed by atoms with Crippen molar-refractivity contribution < 1.29 is 18.7 Å². The van der Waals surface area contributed by atoms with Gasteiger partial charge < -0.3 is 14.5 Å². The minimum absolute atomic E-state index is 0.0923. The zero-order valence-electron chi connectivity index (χ0n) is 17.0. The van der Waals surface area contributed by atoms with Gasteiger partial charge in [-0.05, 0) is 46.7 Å². The highest BCUT2D eigenvalue weighted by atomic mass is 19.1. The van der Waals surface area contributed by atoms with Gasteiger partial charge in [-0.2, -0.15) is 0 Å². The predicted molar refractivity (Wildman–Crippen MR) is 114 cm³/mol. The Labute approximate surface area is 174 Å². The number of anilines is 1. The number of carbonyl (C=O) groups is 2. The summed E-state index contributed by atoms with van der Waals surface area (Å²) in [6, 6.07) is 18.0. The van der Waals surface area contributed by atoms with Crippen LogP contribution in [-0.2, 0) is 16.1 Å². The Morgan fingerprint density at radius 2 is 1.87 bits per heavy atom. The van der Waals surface area contributed by atoms with Gasteiger partial charge in [-0.1, -0.05) is 30.3 Å². The number of methoxy groups -OCH3 is 1. The molecule has 154 valence electrons. The molecule has 1 heterocycles. The maximum atomic E-state index is 14.1. The lowest BCUT2D eigenvalue weighted by atomic mass is 10.0. The Bertz CT molecular complexity index is 1110. The van der Waals surface area contributed by atoms with Gasteiger partial charge in [0.2, 0.25) is 11.8 Å². The van der Waals surface area contributed by atoms with Crippen molar-refractivity contribution in [1.29, 1.82) is 0 Å². The summed E-state index contributed by atoms with van der Waals surface area (Å²) in [5, 5.41) is 2.13. The molecule has 0 aromatic heterocycles. The van der Waals surface area contributed by atoms with E-state index in [9.17, 15) is 14.0 Å². The fraction of sp³-hybridized carbons (Fsp3) is 0.250. The summed E-state index contributed by atoms with van der Waals surface area (Å²) in [7, 11) is 3.37. The fourth-order valence-corrected chi connectivity index (χ4v) is 3.94. The molecule has 3 aromatic carbocycles. The number of amides is 2. The Balaban J connectivity index is 1.45. The second-order valence-corrected chi connectivity index (χ2v) is 7.60. The van der Waals surface area contributed by atoms with E-state index in [0.717, 1.165) is 22.1 Å². The lowest BCUT2D eigenvalue weighted by molar-refractivity contribution is -0.135. The lowest BCUT2D eigenvalue weighted by Crippen LogP contribution is -2.34. The van der Waals surface area contributed by atoms with E-state index >= 15 is 0 Å². The molecule has 6 heteroatoms. The maximum absolute atomic E-state index is 14.1. The van der Waals surface area contributed by atoms with Crippen LogP contribution in [0.2, 0.25) is 0 Å². The normalized spacial score (nSPS) is 16.2. The highest BCUT2D eigenvalue weighted by Crippen LogP contribution is 2.29. The van der Waals surface area contributed by atoms with E-state index in [1.807, 2.05) is 36.4 Å². The van der Waals surface area contributed by atoms with Crippen molar-refractivity contribution in [3.8, 4) is 5.75 Å². The maximum Gasteiger partial charge on any atom is 0.228 e. The molecule has 5 nitrogen and oxygen atoms in total. The molecule has 1 saturated heterocycles. The zero-order chi connectivity index (χ0) is 21.3. The first-order valence-corrected chi connectivity index (χ1v) is 9.83. The van der Waals surface area contributed by atoms with Gasteiger partial charge in [0.25, 0.3) is 0 Å². The second-order valence-electron chi connectivity index (χ2n) is 7.60. The molecule has 0 spiro atoms. The van der Waals surface area contributed by atoms with Gasteiger partial charge in [-0.15, -0.1) is 0 Å². The molecule has 0 saturated carbocycles. The molecule has 1 aliphatic heterocycles. The summed E-state index contributed by atoms with van der Waals surface area (Å²) in [6.07, 6.45) is 0.0923. The molecule has 4 rings (SSSR count). The molecular weight excluding hydrogens is 383 g/mol. The first-order valence-electron chi connectivity index (χ1n) is 9.83. The molecule has 0 unspecified atom stereocenters. The van der Waals surface area contributed by atoms with E-state index in [0.29, 0.717) is 6.54 Å². The molecule has 3 aromatic rings. The summed E-state index contributed by atoms with van der Waals surface area (Å²) < 4.78 is 19.3. The minimum Gasteiger partial charge on any atom is -0.497 e. The van der Waals surface area contributed by atoms with E-state index in [-0.39, 0.29) is 30.5 Å². The number of nitrogens with zero attached hydrogens (tertiary/aromatic N) is 2. The Morgan fingerprint density at radius 1 is 1.13 bits per heavy atom. The highest BCUT2D eigenvalue weighted by molar-refractivity contribution is 6.00. The SMILES string of the molecule is COc1ccc2cc(CN(C)C(=O)[C@@H]3CC(=O)N(c4ccccc4F)C3)ccc2c1. The van der Waals surface area contributed by atoms with Crippen molar-refractivity contribution in [3.05, 3.63) is 72.0 Å². The third kappa shape index (κ3) is 3.85. The van der Waals surface area contributed by atoms with Gasteiger partial charge >= 0.3 is 0 Å². The van der Waals surface area contributed by atoms with E-state index < -0.39 is 11.7 Å². The minimum atomic E-state index is -0.480. The van der Waals surface area contributed by atoms with Crippen LogP contribution in [0.3, 0.4) is 0 Å². The smallest absolute Gasteiger partial charge is 0.228 e. The molecular formula is C24H23FN2O3. The molecule has 1 aliphatic rings.